The van der Waals surface area contributed by atoms with Crippen molar-refractivity contribution in [1.82, 2.24) is 9.97 Å². The van der Waals surface area contributed by atoms with Crippen molar-refractivity contribution in [3.63, 3.8) is 0 Å². The first-order chi connectivity index (χ1) is 13.7. The molecule has 0 saturated heterocycles. The van der Waals surface area contributed by atoms with Gasteiger partial charge in [0, 0.05) is 23.0 Å². The second kappa shape index (κ2) is 8.01. The van der Waals surface area contributed by atoms with Crippen LogP contribution in [0.25, 0.3) is 22.0 Å². The van der Waals surface area contributed by atoms with E-state index in [-0.39, 0.29) is 0 Å². The molecule has 5 rings (SSSR count). The van der Waals surface area contributed by atoms with Crippen molar-refractivity contribution in [3.05, 3.63) is 84.7 Å². The predicted octanol–water partition coefficient (Wildman–Crippen LogP) is 5.81. The Morgan fingerprint density at radius 3 is 2.50 bits per heavy atom. The van der Waals surface area contributed by atoms with E-state index in [2.05, 4.69) is 68.8 Å². The fourth-order valence-electron chi connectivity index (χ4n) is 3.23. The van der Waals surface area contributed by atoms with E-state index in [0.29, 0.717) is 0 Å². The van der Waals surface area contributed by atoms with Gasteiger partial charge in [-0.15, -0.1) is 0 Å². The van der Waals surface area contributed by atoms with Crippen LogP contribution in [0.4, 0.5) is 11.5 Å². The molecular formula is C24H22N4. The van der Waals surface area contributed by atoms with Crippen LogP contribution < -0.4 is 5.32 Å². The summed E-state index contributed by atoms with van der Waals surface area (Å²) < 4.78 is 0. The van der Waals surface area contributed by atoms with Crippen LogP contribution >= 0.6 is 0 Å². The molecule has 0 fully saturated rings. The average Bonchev–Trinajstić information content (AvgIpc) is 2.74. The van der Waals surface area contributed by atoms with Gasteiger partial charge in [-0.1, -0.05) is 48.5 Å². The predicted molar refractivity (Wildman–Crippen MR) is 117 cm³/mol. The molecule has 0 saturated carbocycles. The number of anilines is 1. The molecule has 4 heteroatoms. The minimum atomic E-state index is 0.802. The topological polar surface area (TPSA) is 50.2 Å². The number of hydrogen-bond acceptors (Lipinski definition) is 4. The zero-order chi connectivity index (χ0) is 19.3. The van der Waals surface area contributed by atoms with Crippen LogP contribution in [-0.2, 0) is 0 Å². The van der Waals surface area contributed by atoms with Gasteiger partial charge in [0.2, 0.25) is 0 Å². The number of aliphatic imine (C=N–C) groups is 1. The second-order valence-corrected chi connectivity index (χ2v) is 6.77. The Kier molecular flexibility index (Phi) is 5.11. The van der Waals surface area contributed by atoms with Crippen molar-refractivity contribution in [1.29, 1.82) is 0 Å². The lowest BCUT2D eigenvalue weighted by Crippen LogP contribution is -2.14. The number of aromatic nitrogens is 2. The standard InChI is InChI=1S/C16H13N.C8H9N3/c1-12-11-15(13-7-3-2-4-8-13)14-9-5-6-10-16(14)17-12;1-6-5-10-7-3-2-4-9-8(7)11-6/h2-11H,1H3;2-4,10H,5H2,1H3. The summed E-state index contributed by atoms with van der Waals surface area (Å²) >= 11 is 0. The van der Waals surface area contributed by atoms with E-state index in [9.17, 15) is 0 Å². The van der Waals surface area contributed by atoms with E-state index in [0.717, 1.165) is 35.0 Å². The van der Waals surface area contributed by atoms with Crippen molar-refractivity contribution < 1.29 is 0 Å². The molecule has 0 radical (unpaired) electrons. The number of para-hydroxylation sites is 1. The summed E-state index contributed by atoms with van der Waals surface area (Å²) in [6, 6.07) is 24.8. The van der Waals surface area contributed by atoms with E-state index < -0.39 is 0 Å². The fraction of sp³-hybridized carbons (Fsp3) is 0.125. The molecule has 1 N–H and O–H groups in total. The van der Waals surface area contributed by atoms with Gasteiger partial charge < -0.3 is 5.32 Å². The fourth-order valence-corrected chi connectivity index (χ4v) is 3.23. The van der Waals surface area contributed by atoms with Crippen LogP contribution in [0.15, 0.2) is 84.0 Å². The summed E-state index contributed by atoms with van der Waals surface area (Å²) in [5.74, 6) is 0.802. The number of benzene rings is 2. The number of hydrogen-bond donors (Lipinski definition) is 1. The van der Waals surface area contributed by atoms with E-state index in [1.54, 1.807) is 6.20 Å². The molecule has 3 heterocycles. The summed E-state index contributed by atoms with van der Waals surface area (Å²) in [4.78, 5) is 13.0. The quantitative estimate of drug-likeness (QED) is 0.462. The number of aryl methyl sites for hydroxylation is 1. The van der Waals surface area contributed by atoms with Crippen LogP contribution in [-0.4, -0.2) is 22.2 Å². The summed E-state index contributed by atoms with van der Waals surface area (Å²) in [7, 11) is 0. The maximum atomic E-state index is 4.56. The van der Waals surface area contributed by atoms with Crippen molar-refractivity contribution in [2.24, 2.45) is 4.99 Å². The minimum Gasteiger partial charge on any atom is -0.377 e. The maximum absolute atomic E-state index is 4.56. The monoisotopic (exact) mass is 366 g/mol. The Balaban J connectivity index is 0.000000151. The molecule has 1 aliphatic heterocycles. The number of rotatable bonds is 1. The summed E-state index contributed by atoms with van der Waals surface area (Å²) in [5.41, 5.74) is 6.73. The highest BCUT2D eigenvalue weighted by Crippen LogP contribution is 2.28. The Morgan fingerprint density at radius 1 is 0.857 bits per heavy atom. The van der Waals surface area contributed by atoms with E-state index in [1.165, 1.54) is 16.5 Å². The summed E-state index contributed by atoms with van der Waals surface area (Å²) in [6.07, 6.45) is 1.75. The first-order valence-corrected chi connectivity index (χ1v) is 9.35. The molecule has 0 unspecified atom stereocenters. The summed E-state index contributed by atoms with van der Waals surface area (Å²) in [6.45, 7) is 4.86. The Morgan fingerprint density at radius 2 is 1.64 bits per heavy atom. The molecule has 0 aliphatic carbocycles. The third-order valence-corrected chi connectivity index (χ3v) is 4.55. The summed E-state index contributed by atoms with van der Waals surface area (Å²) in [5, 5.41) is 4.43. The number of fused-ring (bicyclic) bond motifs is 2. The molecular weight excluding hydrogens is 344 g/mol. The molecule has 138 valence electrons. The number of nitrogens with one attached hydrogen (secondary N) is 1. The Bertz CT molecular complexity index is 1130. The van der Waals surface area contributed by atoms with Gasteiger partial charge >= 0.3 is 0 Å². The lowest BCUT2D eigenvalue weighted by atomic mass is 10.0. The van der Waals surface area contributed by atoms with Gasteiger partial charge in [-0.3, -0.25) is 4.98 Å². The van der Waals surface area contributed by atoms with Crippen LogP contribution in [0.5, 0.6) is 0 Å². The van der Waals surface area contributed by atoms with Crippen LogP contribution in [0, 0.1) is 6.92 Å². The van der Waals surface area contributed by atoms with Gasteiger partial charge in [-0.05, 0) is 49.2 Å². The molecule has 1 aliphatic rings. The zero-order valence-electron chi connectivity index (χ0n) is 16.1. The molecule has 0 bridgehead atoms. The van der Waals surface area contributed by atoms with Gasteiger partial charge in [0.05, 0.1) is 17.7 Å². The lowest BCUT2D eigenvalue weighted by molar-refractivity contribution is 1.20. The van der Waals surface area contributed by atoms with Gasteiger partial charge in [0.25, 0.3) is 0 Å². The van der Waals surface area contributed by atoms with E-state index in [1.807, 2.05) is 38.1 Å². The SMILES string of the molecule is CC1=Nc2ncccc2NC1.Cc1cc(-c2ccccc2)c2ccccc2n1. The van der Waals surface area contributed by atoms with Gasteiger partial charge in [-0.25, -0.2) is 9.98 Å². The largest absolute Gasteiger partial charge is 0.377 e. The molecule has 0 spiro atoms. The van der Waals surface area contributed by atoms with Crippen molar-refractivity contribution >= 4 is 28.1 Å². The van der Waals surface area contributed by atoms with E-state index in [4.69, 9.17) is 0 Å². The first kappa shape index (κ1) is 17.9. The van der Waals surface area contributed by atoms with Crippen LogP contribution in [0.1, 0.15) is 12.6 Å². The molecule has 0 amide bonds. The van der Waals surface area contributed by atoms with Crippen molar-refractivity contribution in [3.8, 4) is 11.1 Å². The highest BCUT2D eigenvalue weighted by atomic mass is 15.0. The number of nitrogens with zero attached hydrogens (tertiary/aromatic N) is 3. The normalized spacial score (nSPS) is 12.3. The molecule has 2 aromatic heterocycles. The third-order valence-electron chi connectivity index (χ3n) is 4.55. The van der Waals surface area contributed by atoms with Crippen molar-refractivity contribution in [2.75, 3.05) is 11.9 Å². The van der Waals surface area contributed by atoms with Crippen LogP contribution in [0.2, 0.25) is 0 Å². The Labute approximate surface area is 165 Å². The van der Waals surface area contributed by atoms with Crippen molar-refractivity contribution in [2.45, 2.75) is 13.8 Å². The van der Waals surface area contributed by atoms with Gasteiger partial charge in [0.1, 0.15) is 0 Å². The average molecular weight is 366 g/mol. The third kappa shape index (κ3) is 3.91. The maximum Gasteiger partial charge on any atom is 0.175 e. The van der Waals surface area contributed by atoms with Gasteiger partial charge in [-0.2, -0.15) is 0 Å². The molecule has 4 aromatic rings. The van der Waals surface area contributed by atoms with Gasteiger partial charge in [0.15, 0.2) is 5.82 Å². The molecule has 28 heavy (non-hydrogen) atoms. The second-order valence-electron chi connectivity index (χ2n) is 6.77. The molecule has 0 atom stereocenters. The smallest absolute Gasteiger partial charge is 0.175 e. The minimum absolute atomic E-state index is 0.802. The highest BCUT2D eigenvalue weighted by Gasteiger charge is 2.07. The van der Waals surface area contributed by atoms with E-state index >= 15 is 0 Å². The number of pyridine rings is 2. The molecule has 4 nitrogen and oxygen atoms in total. The first-order valence-electron chi connectivity index (χ1n) is 9.35. The Hall–Kier alpha value is -3.53. The van der Waals surface area contributed by atoms with Crippen LogP contribution in [0.3, 0.4) is 0 Å². The molecule has 2 aromatic carbocycles. The lowest BCUT2D eigenvalue weighted by Gasteiger charge is -2.13. The zero-order valence-corrected chi connectivity index (χ0v) is 16.1. The highest BCUT2D eigenvalue weighted by molar-refractivity contribution is 5.94.